The van der Waals surface area contributed by atoms with Crippen LogP contribution in [0.15, 0.2) is 18.3 Å². The Hall–Kier alpha value is -1.29. The lowest BCUT2D eigenvalue weighted by molar-refractivity contribution is 0.472. The standard InChI is InChI=1S/C14H21ClN4/c1-3-5-6-11(4-2)9-16-14-17-13-8-7-12(15)10-19(13)18-14/h7-8,10-11H,3-6,9H2,1-2H3,(H,16,18). The lowest BCUT2D eigenvalue weighted by Gasteiger charge is -2.13. The Bertz CT molecular complexity index is 523. The van der Waals surface area contributed by atoms with E-state index in [0.29, 0.717) is 16.9 Å². The molecule has 1 atom stereocenters. The van der Waals surface area contributed by atoms with Gasteiger partial charge in [0, 0.05) is 12.7 Å². The van der Waals surface area contributed by atoms with E-state index in [-0.39, 0.29) is 0 Å². The van der Waals surface area contributed by atoms with E-state index in [0.717, 1.165) is 12.2 Å². The highest BCUT2D eigenvalue weighted by Crippen LogP contribution is 2.15. The zero-order valence-electron chi connectivity index (χ0n) is 11.6. The van der Waals surface area contributed by atoms with Gasteiger partial charge in [0.05, 0.1) is 5.02 Å². The fourth-order valence-corrected chi connectivity index (χ4v) is 2.27. The van der Waals surface area contributed by atoms with Crippen molar-refractivity contribution in [3.05, 3.63) is 23.4 Å². The minimum Gasteiger partial charge on any atom is -0.353 e. The number of halogens is 1. The van der Waals surface area contributed by atoms with Crippen LogP contribution in [0.5, 0.6) is 0 Å². The van der Waals surface area contributed by atoms with Gasteiger partial charge in [-0.1, -0.05) is 44.7 Å². The molecule has 1 unspecified atom stereocenters. The first kappa shape index (κ1) is 14.1. The third-order valence-electron chi connectivity index (χ3n) is 3.39. The molecule has 0 aliphatic rings. The summed E-state index contributed by atoms with van der Waals surface area (Å²) in [5.41, 5.74) is 0.813. The maximum absolute atomic E-state index is 5.93. The third-order valence-corrected chi connectivity index (χ3v) is 3.61. The molecule has 0 aliphatic carbocycles. The Morgan fingerprint density at radius 1 is 1.37 bits per heavy atom. The van der Waals surface area contributed by atoms with Crippen LogP contribution in [0.4, 0.5) is 5.95 Å². The summed E-state index contributed by atoms with van der Waals surface area (Å²) in [5.74, 6) is 1.37. The monoisotopic (exact) mass is 280 g/mol. The van der Waals surface area contributed by atoms with E-state index in [9.17, 15) is 0 Å². The zero-order chi connectivity index (χ0) is 13.7. The van der Waals surface area contributed by atoms with Gasteiger partial charge in [0.25, 0.3) is 0 Å². The second-order valence-corrected chi connectivity index (χ2v) is 5.32. The first-order chi connectivity index (χ1) is 9.22. The first-order valence-electron chi connectivity index (χ1n) is 6.98. The molecule has 0 saturated carbocycles. The van der Waals surface area contributed by atoms with Crippen LogP contribution in [0.2, 0.25) is 5.02 Å². The molecule has 0 saturated heterocycles. The molecule has 2 aromatic heterocycles. The largest absolute Gasteiger partial charge is 0.353 e. The molecule has 0 aromatic carbocycles. The Balaban J connectivity index is 1.97. The fourth-order valence-electron chi connectivity index (χ4n) is 2.11. The molecule has 4 nitrogen and oxygen atoms in total. The average molecular weight is 281 g/mol. The van der Waals surface area contributed by atoms with Crippen molar-refractivity contribution in [1.29, 1.82) is 0 Å². The normalized spacial score (nSPS) is 12.8. The molecule has 0 amide bonds. The summed E-state index contributed by atoms with van der Waals surface area (Å²) in [6.07, 6.45) is 6.75. The van der Waals surface area contributed by atoms with Gasteiger partial charge < -0.3 is 5.32 Å². The second-order valence-electron chi connectivity index (χ2n) is 4.88. The molecular weight excluding hydrogens is 260 g/mol. The number of hydrogen-bond donors (Lipinski definition) is 1. The van der Waals surface area contributed by atoms with E-state index in [2.05, 4.69) is 29.2 Å². The highest BCUT2D eigenvalue weighted by atomic mass is 35.5. The van der Waals surface area contributed by atoms with Gasteiger partial charge in [-0.05, 0) is 24.5 Å². The highest BCUT2D eigenvalue weighted by molar-refractivity contribution is 6.30. The number of rotatable bonds is 7. The summed E-state index contributed by atoms with van der Waals surface area (Å²) in [5, 5.41) is 8.36. The molecule has 19 heavy (non-hydrogen) atoms. The van der Waals surface area contributed by atoms with Gasteiger partial charge in [-0.25, -0.2) is 4.52 Å². The summed E-state index contributed by atoms with van der Waals surface area (Å²) in [6.45, 7) is 5.40. The maximum Gasteiger partial charge on any atom is 0.243 e. The molecule has 2 aromatic rings. The number of aromatic nitrogens is 3. The predicted octanol–water partition coefficient (Wildman–Crippen LogP) is 4.01. The number of anilines is 1. The highest BCUT2D eigenvalue weighted by Gasteiger charge is 2.08. The van der Waals surface area contributed by atoms with Crippen molar-refractivity contribution < 1.29 is 0 Å². The van der Waals surface area contributed by atoms with Gasteiger partial charge in [0.2, 0.25) is 5.95 Å². The summed E-state index contributed by atoms with van der Waals surface area (Å²) in [7, 11) is 0. The van der Waals surface area contributed by atoms with E-state index in [1.165, 1.54) is 25.7 Å². The SMILES string of the molecule is CCCCC(CC)CNc1nc2ccc(Cl)cn2n1. The Morgan fingerprint density at radius 2 is 2.21 bits per heavy atom. The number of hydrogen-bond acceptors (Lipinski definition) is 3. The molecule has 1 N–H and O–H groups in total. The van der Waals surface area contributed by atoms with Gasteiger partial charge >= 0.3 is 0 Å². The van der Waals surface area contributed by atoms with E-state index < -0.39 is 0 Å². The summed E-state index contributed by atoms with van der Waals surface area (Å²) in [6, 6.07) is 3.69. The van der Waals surface area contributed by atoms with E-state index in [1.54, 1.807) is 10.7 Å². The van der Waals surface area contributed by atoms with Gasteiger partial charge in [0.1, 0.15) is 0 Å². The number of fused-ring (bicyclic) bond motifs is 1. The number of pyridine rings is 1. The first-order valence-corrected chi connectivity index (χ1v) is 7.36. The molecule has 5 heteroatoms. The molecule has 0 aliphatic heterocycles. The van der Waals surface area contributed by atoms with Crippen molar-refractivity contribution in [3.63, 3.8) is 0 Å². The summed E-state index contributed by atoms with van der Waals surface area (Å²) in [4.78, 5) is 4.42. The molecule has 0 bridgehead atoms. The smallest absolute Gasteiger partial charge is 0.243 e. The van der Waals surface area contributed by atoms with Crippen molar-refractivity contribution in [2.24, 2.45) is 5.92 Å². The van der Waals surface area contributed by atoms with Crippen LogP contribution in [-0.2, 0) is 0 Å². The van der Waals surface area contributed by atoms with Crippen LogP contribution in [-0.4, -0.2) is 21.1 Å². The quantitative estimate of drug-likeness (QED) is 0.833. The second kappa shape index (κ2) is 6.75. The molecule has 0 fully saturated rings. The van der Waals surface area contributed by atoms with Crippen molar-refractivity contribution >= 4 is 23.2 Å². The van der Waals surface area contributed by atoms with Crippen LogP contribution < -0.4 is 5.32 Å². The van der Waals surface area contributed by atoms with Gasteiger partial charge in [-0.15, -0.1) is 5.10 Å². The summed E-state index contributed by atoms with van der Waals surface area (Å²) < 4.78 is 1.71. The lowest BCUT2D eigenvalue weighted by atomic mass is 9.99. The number of nitrogens with one attached hydrogen (secondary N) is 1. The minimum atomic E-state index is 0.665. The molecule has 104 valence electrons. The van der Waals surface area contributed by atoms with Crippen molar-refractivity contribution in [3.8, 4) is 0 Å². The lowest BCUT2D eigenvalue weighted by Crippen LogP contribution is -2.14. The maximum atomic E-state index is 5.93. The van der Waals surface area contributed by atoms with E-state index in [1.807, 2.05) is 12.1 Å². The van der Waals surface area contributed by atoms with Crippen molar-refractivity contribution in [2.75, 3.05) is 11.9 Å². The van der Waals surface area contributed by atoms with Crippen molar-refractivity contribution in [2.45, 2.75) is 39.5 Å². The van der Waals surface area contributed by atoms with Crippen LogP contribution in [0.25, 0.3) is 5.65 Å². The Kier molecular flexibility index (Phi) is 5.02. The number of unbranched alkanes of at least 4 members (excludes halogenated alkanes) is 1. The van der Waals surface area contributed by atoms with Crippen LogP contribution in [0.1, 0.15) is 39.5 Å². The average Bonchev–Trinajstić information content (AvgIpc) is 2.81. The van der Waals surface area contributed by atoms with E-state index in [4.69, 9.17) is 11.6 Å². The predicted molar refractivity (Wildman–Crippen MR) is 79.8 cm³/mol. The fraction of sp³-hybridized carbons (Fsp3) is 0.571. The Labute approximate surface area is 119 Å². The van der Waals surface area contributed by atoms with Crippen LogP contribution >= 0.6 is 11.6 Å². The van der Waals surface area contributed by atoms with Crippen molar-refractivity contribution in [1.82, 2.24) is 14.6 Å². The van der Waals surface area contributed by atoms with Crippen LogP contribution in [0.3, 0.4) is 0 Å². The third kappa shape index (κ3) is 3.83. The Morgan fingerprint density at radius 3 is 2.95 bits per heavy atom. The van der Waals surface area contributed by atoms with Gasteiger partial charge in [-0.2, -0.15) is 4.98 Å². The summed E-state index contributed by atoms with van der Waals surface area (Å²) >= 11 is 5.93. The topological polar surface area (TPSA) is 42.2 Å². The molecular formula is C14H21ClN4. The molecule has 2 rings (SSSR count). The molecule has 0 radical (unpaired) electrons. The molecule has 0 spiro atoms. The van der Waals surface area contributed by atoms with E-state index >= 15 is 0 Å². The molecule has 2 heterocycles. The minimum absolute atomic E-state index is 0.665. The number of nitrogens with zero attached hydrogens (tertiary/aromatic N) is 3. The zero-order valence-corrected chi connectivity index (χ0v) is 12.3. The van der Waals surface area contributed by atoms with Gasteiger partial charge in [-0.3, -0.25) is 0 Å². The van der Waals surface area contributed by atoms with Crippen LogP contribution in [0, 0.1) is 5.92 Å². The van der Waals surface area contributed by atoms with Gasteiger partial charge in [0.15, 0.2) is 5.65 Å².